The van der Waals surface area contributed by atoms with E-state index in [9.17, 15) is 18.0 Å². The molecule has 0 bridgehead atoms. The number of anilines is 1. The first-order chi connectivity index (χ1) is 13.8. The zero-order valence-corrected chi connectivity index (χ0v) is 15.8. The molecule has 0 saturated heterocycles. The minimum Gasteiger partial charge on any atom is -0.489 e. The first-order valence-electron chi connectivity index (χ1n) is 9.50. The quantitative estimate of drug-likeness (QED) is 0.571. The zero-order valence-electron chi connectivity index (χ0n) is 15.8. The molecule has 1 saturated carbocycles. The van der Waals surface area contributed by atoms with Gasteiger partial charge in [-0.25, -0.2) is 0 Å². The number of fused-ring (bicyclic) bond motifs is 1. The van der Waals surface area contributed by atoms with Crippen LogP contribution in [-0.2, 0) is 17.6 Å². The summed E-state index contributed by atoms with van der Waals surface area (Å²) in [7, 11) is 0. The fourth-order valence-electron chi connectivity index (χ4n) is 3.60. The Labute approximate surface area is 166 Å². The molecule has 4 nitrogen and oxygen atoms in total. The Bertz CT molecular complexity index is 1020. The Balaban J connectivity index is 1.44. The number of aromatic nitrogens is 1. The molecule has 0 aliphatic heterocycles. The molecule has 2 aromatic carbocycles. The molecule has 0 unspecified atom stereocenters. The van der Waals surface area contributed by atoms with E-state index < -0.39 is 11.7 Å². The number of rotatable bonds is 5. The first-order valence-corrected chi connectivity index (χ1v) is 9.50. The minimum absolute atomic E-state index is 0.0278. The highest BCUT2D eigenvalue weighted by atomic mass is 19.4. The van der Waals surface area contributed by atoms with Crippen molar-refractivity contribution in [2.24, 2.45) is 11.8 Å². The number of hydrogen-bond acceptors (Lipinski definition) is 2. The van der Waals surface area contributed by atoms with Gasteiger partial charge in [0, 0.05) is 23.0 Å². The maximum Gasteiger partial charge on any atom is 0.416 e. The first kappa shape index (κ1) is 19.4. The molecule has 0 atom stereocenters. The molecular formula is C22H21F3N2O2. The summed E-state index contributed by atoms with van der Waals surface area (Å²) in [5.74, 6) is 1.26. The molecule has 29 heavy (non-hydrogen) atoms. The van der Waals surface area contributed by atoms with Gasteiger partial charge in [-0.15, -0.1) is 0 Å². The zero-order chi connectivity index (χ0) is 20.6. The molecule has 1 amide bonds. The summed E-state index contributed by atoms with van der Waals surface area (Å²) in [6.45, 7) is 2.28. The van der Waals surface area contributed by atoms with Gasteiger partial charge < -0.3 is 15.0 Å². The van der Waals surface area contributed by atoms with E-state index in [1.165, 1.54) is 12.1 Å². The number of carbonyl (C=O) groups excluding carboxylic acids is 1. The van der Waals surface area contributed by atoms with Gasteiger partial charge in [0.15, 0.2) is 0 Å². The molecule has 1 fully saturated rings. The van der Waals surface area contributed by atoms with E-state index in [4.69, 9.17) is 4.74 Å². The molecule has 152 valence electrons. The topological polar surface area (TPSA) is 54.1 Å². The maximum absolute atomic E-state index is 12.6. The molecule has 2 N–H and O–H groups in total. The third-order valence-corrected chi connectivity index (χ3v) is 5.34. The van der Waals surface area contributed by atoms with Crippen molar-refractivity contribution < 1.29 is 22.7 Å². The highest BCUT2D eigenvalue weighted by molar-refractivity contribution is 6.03. The number of hydrogen-bond donors (Lipinski definition) is 2. The van der Waals surface area contributed by atoms with Gasteiger partial charge in [-0.3, -0.25) is 4.79 Å². The standard InChI is InChI=1S/C22H21F3N2O2/c1-13-8-15(9-13)21(28)27-20-11-26-19-7-6-17(10-18(19)20)29-12-14-2-4-16(5-3-14)22(23,24)25/h2-7,10-11,13,15,26H,8-9,12H2,1H3,(H,27,28)/t13-,15+. The van der Waals surface area contributed by atoms with Crippen LogP contribution >= 0.6 is 0 Å². The van der Waals surface area contributed by atoms with E-state index in [2.05, 4.69) is 17.2 Å². The third-order valence-electron chi connectivity index (χ3n) is 5.34. The molecule has 1 aliphatic rings. The van der Waals surface area contributed by atoms with Crippen molar-refractivity contribution in [2.75, 3.05) is 5.32 Å². The van der Waals surface area contributed by atoms with Crippen LogP contribution < -0.4 is 10.1 Å². The number of carbonyl (C=O) groups is 1. The molecule has 1 heterocycles. The lowest BCUT2D eigenvalue weighted by Gasteiger charge is -2.31. The lowest BCUT2D eigenvalue weighted by molar-refractivity contribution is -0.137. The van der Waals surface area contributed by atoms with Crippen molar-refractivity contribution in [3.8, 4) is 5.75 Å². The number of alkyl halides is 3. The fraction of sp³-hybridized carbons (Fsp3) is 0.318. The average molecular weight is 402 g/mol. The highest BCUT2D eigenvalue weighted by Crippen LogP contribution is 2.35. The number of benzene rings is 2. The van der Waals surface area contributed by atoms with Gasteiger partial charge in [0.2, 0.25) is 5.91 Å². The molecule has 1 aromatic heterocycles. The van der Waals surface area contributed by atoms with Gasteiger partial charge in [-0.2, -0.15) is 13.2 Å². The van der Waals surface area contributed by atoms with Crippen LogP contribution in [0, 0.1) is 11.8 Å². The summed E-state index contributed by atoms with van der Waals surface area (Å²) in [6, 6.07) is 10.3. The van der Waals surface area contributed by atoms with Crippen molar-refractivity contribution >= 4 is 22.5 Å². The van der Waals surface area contributed by atoms with Gasteiger partial charge >= 0.3 is 6.18 Å². The summed E-state index contributed by atoms with van der Waals surface area (Å²) in [6.07, 6.45) is -0.771. The van der Waals surface area contributed by atoms with Crippen molar-refractivity contribution in [1.82, 2.24) is 4.98 Å². The van der Waals surface area contributed by atoms with Gasteiger partial charge in [0.05, 0.1) is 11.3 Å². The summed E-state index contributed by atoms with van der Waals surface area (Å²) in [4.78, 5) is 15.5. The molecule has 7 heteroatoms. The van der Waals surface area contributed by atoms with Crippen LogP contribution in [0.5, 0.6) is 5.75 Å². The molecular weight excluding hydrogens is 381 g/mol. The summed E-state index contributed by atoms with van der Waals surface area (Å²) in [5.41, 5.74) is 1.52. The van der Waals surface area contributed by atoms with Crippen molar-refractivity contribution in [2.45, 2.75) is 32.5 Å². The monoisotopic (exact) mass is 402 g/mol. The minimum atomic E-state index is -4.35. The molecule has 0 spiro atoms. The maximum atomic E-state index is 12.6. The highest BCUT2D eigenvalue weighted by Gasteiger charge is 2.32. The van der Waals surface area contributed by atoms with E-state index in [0.29, 0.717) is 22.9 Å². The number of ether oxygens (including phenoxy) is 1. The molecule has 4 rings (SSSR count). The van der Waals surface area contributed by atoms with E-state index in [1.54, 1.807) is 12.3 Å². The van der Waals surface area contributed by atoms with Crippen molar-refractivity contribution in [3.05, 3.63) is 59.8 Å². The van der Waals surface area contributed by atoms with Crippen LogP contribution in [0.4, 0.5) is 18.9 Å². The van der Waals surface area contributed by atoms with Gasteiger partial charge in [-0.1, -0.05) is 19.1 Å². The number of H-pyrrole nitrogens is 1. The fourth-order valence-corrected chi connectivity index (χ4v) is 3.60. The van der Waals surface area contributed by atoms with E-state index in [0.717, 1.165) is 35.9 Å². The van der Waals surface area contributed by atoms with Gasteiger partial charge in [0.25, 0.3) is 0 Å². The number of halogens is 3. The van der Waals surface area contributed by atoms with Crippen LogP contribution in [0.25, 0.3) is 10.9 Å². The second-order valence-corrected chi connectivity index (χ2v) is 7.66. The summed E-state index contributed by atoms with van der Waals surface area (Å²) >= 11 is 0. The Morgan fingerprint density at radius 2 is 1.90 bits per heavy atom. The predicted molar refractivity (Wildman–Crippen MR) is 105 cm³/mol. The van der Waals surface area contributed by atoms with Crippen LogP contribution in [0.15, 0.2) is 48.7 Å². The normalized spacial score (nSPS) is 19.0. The smallest absolute Gasteiger partial charge is 0.416 e. The lowest BCUT2D eigenvalue weighted by Crippen LogP contribution is -2.33. The van der Waals surface area contributed by atoms with Crippen LogP contribution in [0.3, 0.4) is 0 Å². The average Bonchev–Trinajstić information content (AvgIpc) is 3.05. The van der Waals surface area contributed by atoms with E-state index in [-0.39, 0.29) is 18.4 Å². The van der Waals surface area contributed by atoms with Gasteiger partial charge in [-0.05, 0) is 54.7 Å². The van der Waals surface area contributed by atoms with Crippen LogP contribution in [0.2, 0.25) is 0 Å². The van der Waals surface area contributed by atoms with Crippen LogP contribution in [0.1, 0.15) is 30.9 Å². The largest absolute Gasteiger partial charge is 0.489 e. The Morgan fingerprint density at radius 3 is 2.55 bits per heavy atom. The van der Waals surface area contributed by atoms with Crippen molar-refractivity contribution in [3.63, 3.8) is 0 Å². The second kappa shape index (κ2) is 7.46. The summed E-state index contributed by atoms with van der Waals surface area (Å²) in [5, 5.41) is 3.81. The van der Waals surface area contributed by atoms with E-state index >= 15 is 0 Å². The van der Waals surface area contributed by atoms with E-state index in [1.807, 2.05) is 12.1 Å². The van der Waals surface area contributed by atoms with Crippen LogP contribution in [-0.4, -0.2) is 10.9 Å². The number of nitrogens with one attached hydrogen (secondary N) is 2. The second-order valence-electron chi connectivity index (χ2n) is 7.66. The third kappa shape index (κ3) is 4.23. The Morgan fingerprint density at radius 1 is 1.17 bits per heavy atom. The summed E-state index contributed by atoms with van der Waals surface area (Å²) < 4.78 is 43.7. The SMILES string of the molecule is C[C@H]1C[C@@H](C(=O)Nc2c[nH]c3ccc(OCc4ccc(C(F)(F)F)cc4)cc23)C1. The Kier molecular flexibility index (Phi) is 4.98. The lowest BCUT2D eigenvalue weighted by atomic mass is 9.75. The molecule has 1 aliphatic carbocycles. The van der Waals surface area contributed by atoms with Gasteiger partial charge in [0.1, 0.15) is 12.4 Å². The number of amides is 1. The Hall–Kier alpha value is -2.96. The predicted octanol–water partition coefficient (Wildman–Crippen LogP) is 5.75. The van der Waals surface area contributed by atoms with Crippen molar-refractivity contribution in [1.29, 1.82) is 0 Å². The number of aromatic amines is 1. The molecule has 3 aromatic rings. The molecule has 0 radical (unpaired) electrons.